The van der Waals surface area contributed by atoms with Gasteiger partial charge in [-0.15, -0.1) is 0 Å². The fourth-order valence-electron chi connectivity index (χ4n) is 1.65. The maximum atomic E-state index is 11.1. The lowest BCUT2D eigenvalue weighted by Crippen LogP contribution is -2.46. The van der Waals surface area contributed by atoms with Gasteiger partial charge in [-0.05, 0) is 30.9 Å². The van der Waals surface area contributed by atoms with Crippen molar-refractivity contribution in [3.05, 3.63) is 0 Å². The van der Waals surface area contributed by atoms with E-state index in [1.165, 1.54) is 11.9 Å². The van der Waals surface area contributed by atoms with Crippen LogP contribution in [-0.4, -0.2) is 46.4 Å². The molecule has 0 amide bonds. The normalized spacial score (nSPS) is 11.3. The maximum Gasteiger partial charge on any atom is 0.322 e. The van der Waals surface area contributed by atoms with Crippen LogP contribution in [0.5, 0.6) is 0 Å². The minimum atomic E-state index is -0.906. The molecule has 0 fully saturated rings. The molecular weight excluding hydrogens is 310 g/mol. The van der Waals surface area contributed by atoms with Crippen molar-refractivity contribution in [2.75, 3.05) is 13.1 Å². The second-order valence-electron chi connectivity index (χ2n) is 4.75. The summed E-state index contributed by atoms with van der Waals surface area (Å²) in [4.78, 5) is 20.3. The third-order valence-corrected chi connectivity index (χ3v) is 2.68. The summed E-state index contributed by atoms with van der Waals surface area (Å²) in [5.41, 5.74) is 5.13. The molecule has 130 valence electrons. The number of nitrogens with two attached hydrogens (primary N) is 2. The minimum absolute atomic E-state index is 0.102. The average Bonchev–Trinajstić information content (AvgIpc) is 2.37. The third kappa shape index (κ3) is 16.7. The smallest absolute Gasteiger partial charge is 0.322 e. The van der Waals surface area contributed by atoms with E-state index >= 15 is 0 Å². The Hall–Kier alpha value is -1.38. The van der Waals surface area contributed by atoms with Crippen molar-refractivity contribution in [3.8, 4) is 0 Å². The second-order valence-corrected chi connectivity index (χ2v) is 5.28. The Morgan fingerprint density at radius 3 is 2.32 bits per heavy atom. The topological polar surface area (TPSA) is 146 Å². The molecule has 0 radical (unpaired) electrons. The first kappa shape index (κ1) is 22.9. The second kappa shape index (κ2) is 14.6. The zero-order chi connectivity index (χ0) is 17.5. The van der Waals surface area contributed by atoms with Gasteiger partial charge in [0.1, 0.15) is 6.04 Å². The number of hydrogen-bond donors (Lipinski definition) is 5. The van der Waals surface area contributed by atoms with Gasteiger partial charge in [-0.25, -0.2) is 5.01 Å². The molecule has 8 nitrogen and oxygen atoms in total. The SMILES string of the molecule is CC(=O)Cl.CCCCCN(N)C(CCCNC(=N)N)C(=O)O. The first-order chi connectivity index (χ1) is 10.2. The number of carboxylic acid groups (broad SMARTS) is 1. The van der Waals surface area contributed by atoms with Gasteiger partial charge in [0.15, 0.2) is 5.96 Å². The van der Waals surface area contributed by atoms with Gasteiger partial charge in [-0.1, -0.05) is 19.8 Å². The maximum absolute atomic E-state index is 11.1. The van der Waals surface area contributed by atoms with Crippen LogP contribution < -0.4 is 16.9 Å². The van der Waals surface area contributed by atoms with Gasteiger partial charge < -0.3 is 16.2 Å². The zero-order valence-electron chi connectivity index (χ0n) is 13.3. The fraction of sp³-hybridized carbons (Fsp3) is 0.769. The number of rotatable bonds is 10. The zero-order valence-corrected chi connectivity index (χ0v) is 14.0. The highest BCUT2D eigenvalue weighted by atomic mass is 35.5. The summed E-state index contributed by atoms with van der Waals surface area (Å²) < 4.78 is 0. The number of hydrogen-bond acceptors (Lipinski definition) is 5. The van der Waals surface area contributed by atoms with Crippen molar-refractivity contribution >= 4 is 28.8 Å². The molecule has 0 heterocycles. The highest BCUT2D eigenvalue weighted by molar-refractivity contribution is 6.62. The van der Waals surface area contributed by atoms with Gasteiger partial charge in [0, 0.05) is 20.0 Å². The molecule has 0 rings (SSSR count). The Balaban J connectivity index is 0. The molecule has 0 saturated carbocycles. The van der Waals surface area contributed by atoms with Crippen molar-refractivity contribution in [1.29, 1.82) is 5.41 Å². The quantitative estimate of drug-likeness (QED) is 0.0991. The Bertz CT molecular complexity index is 338. The standard InChI is InChI=1S/C11H25N5O2.C2H3ClO/c1-2-3-4-8-16(14)9(10(17)18)6-5-7-15-11(12)13;1-2(3)4/h9H,2-8,14H2,1H3,(H,17,18)(H4,12,13,15);1H3. The van der Waals surface area contributed by atoms with E-state index in [1.54, 1.807) is 0 Å². The number of hydrazine groups is 1. The number of halogens is 1. The van der Waals surface area contributed by atoms with E-state index in [1.807, 2.05) is 0 Å². The Morgan fingerprint density at radius 1 is 1.36 bits per heavy atom. The largest absolute Gasteiger partial charge is 0.480 e. The van der Waals surface area contributed by atoms with E-state index in [-0.39, 0.29) is 11.2 Å². The number of carbonyl (C=O) groups excluding carboxylic acids is 1. The van der Waals surface area contributed by atoms with Crippen LogP contribution in [0.2, 0.25) is 0 Å². The Morgan fingerprint density at radius 2 is 1.91 bits per heavy atom. The van der Waals surface area contributed by atoms with Crippen LogP contribution in [0.25, 0.3) is 0 Å². The first-order valence-electron chi connectivity index (χ1n) is 7.20. The average molecular weight is 338 g/mol. The van der Waals surface area contributed by atoms with Crippen molar-refractivity contribution in [1.82, 2.24) is 10.3 Å². The molecular formula is C13H28ClN5O3. The first-order valence-corrected chi connectivity index (χ1v) is 7.58. The van der Waals surface area contributed by atoms with Crippen molar-refractivity contribution in [3.63, 3.8) is 0 Å². The summed E-state index contributed by atoms with van der Waals surface area (Å²) in [5.74, 6) is 4.76. The number of nitrogens with one attached hydrogen (secondary N) is 2. The number of unbranched alkanes of at least 4 members (excludes halogenated alkanes) is 2. The molecule has 0 aromatic carbocycles. The summed E-state index contributed by atoms with van der Waals surface area (Å²) in [6.45, 7) is 4.46. The van der Waals surface area contributed by atoms with E-state index in [4.69, 9.17) is 22.1 Å². The van der Waals surface area contributed by atoms with Gasteiger partial charge in [0.2, 0.25) is 5.24 Å². The van der Waals surface area contributed by atoms with Crippen LogP contribution in [0.15, 0.2) is 0 Å². The molecule has 0 saturated heterocycles. The van der Waals surface area contributed by atoms with E-state index in [2.05, 4.69) is 23.8 Å². The summed E-state index contributed by atoms with van der Waals surface area (Å²) >= 11 is 4.64. The van der Waals surface area contributed by atoms with Gasteiger partial charge in [-0.3, -0.25) is 20.8 Å². The number of guanidine groups is 1. The predicted molar refractivity (Wildman–Crippen MR) is 87.5 cm³/mol. The van der Waals surface area contributed by atoms with Crippen LogP contribution in [-0.2, 0) is 9.59 Å². The molecule has 9 heteroatoms. The molecule has 0 aliphatic carbocycles. The van der Waals surface area contributed by atoms with Crippen molar-refractivity contribution in [2.45, 2.75) is 52.0 Å². The van der Waals surface area contributed by atoms with E-state index in [9.17, 15) is 9.59 Å². The van der Waals surface area contributed by atoms with E-state index in [0.29, 0.717) is 25.9 Å². The molecule has 0 bridgehead atoms. The summed E-state index contributed by atoms with van der Waals surface area (Å²) in [7, 11) is 0. The monoisotopic (exact) mass is 337 g/mol. The molecule has 1 unspecified atom stereocenters. The van der Waals surface area contributed by atoms with Crippen molar-refractivity contribution in [2.24, 2.45) is 11.6 Å². The predicted octanol–water partition coefficient (Wildman–Crippen LogP) is 0.840. The van der Waals surface area contributed by atoms with Crippen molar-refractivity contribution < 1.29 is 14.7 Å². The number of carbonyl (C=O) groups is 2. The molecule has 1 atom stereocenters. The highest BCUT2D eigenvalue weighted by Crippen LogP contribution is 2.06. The summed E-state index contributed by atoms with van der Waals surface area (Å²) in [5, 5.41) is 19.7. The van der Waals surface area contributed by atoms with E-state index < -0.39 is 12.0 Å². The Kier molecular flexibility index (Phi) is 15.1. The van der Waals surface area contributed by atoms with Crippen LogP contribution in [0.4, 0.5) is 0 Å². The molecule has 22 heavy (non-hydrogen) atoms. The van der Waals surface area contributed by atoms with Gasteiger partial charge in [-0.2, -0.15) is 0 Å². The fourth-order valence-corrected chi connectivity index (χ4v) is 1.65. The minimum Gasteiger partial charge on any atom is -0.480 e. The van der Waals surface area contributed by atoms with Crippen LogP contribution in [0.1, 0.15) is 46.0 Å². The molecule has 0 aromatic heterocycles. The molecule has 0 aliphatic heterocycles. The number of nitrogens with zero attached hydrogens (tertiary/aromatic N) is 1. The third-order valence-electron chi connectivity index (χ3n) is 2.68. The molecule has 0 aliphatic rings. The lowest BCUT2D eigenvalue weighted by molar-refractivity contribution is -0.143. The lowest BCUT2D eigenvalue weighted by atomic mass is 10.1. The molecule has 0 spiro atoms. The van der Waals surface area contributed by atoms with Crippen LogP contribution in [0, 0.1) is 5.41 Å². The summed E-state index contributed by atoms with van der Waals surface area (Å²) in [6.07, 6.45) is 4.08. The van der Waals surface area contributed by atoms with Gasteiger partial charge >= 0.3 is 5.97 Å². The Labute approximate surface area is 136 Å². The van der Waals surface area contributed by atoms with Gasteiger partial charge in [0.25, 0.3) is 0 Å². The molecule has 0 aromatic rings. The van der Waals surface area contributed by atoms with Gasteiger partial charge in [0.05, 0.1) is 0 Å². The summed E-state index contributed by atoms with van der Waals surface area (Å²) in [6, 6.07) is -0.671. The van der Waals surface area contributed by atoms with Crippen LogP contribution in [0.3, 0.4) is 0 Å². The van der Waals surface area contributed by atoms with Crippen LogP contribution >= 0.6 is 11.6 Å². The number of carboxylic acids is 1. The molecule has 7 N–H and O–H groups in total. The van der Waals surface area contributed by atoms with E-state index in [0.717, 1.165) is 19.3 Å². The highest BCUT2D eigenvalue weighted by Gasteiger charge is 2.22. The number of aliphatic carboxylic acids is 1. The lowest BCUT2D eigenvalue weighted by Gasteiger charge is -2.24.